The Bertz CT molecular complexity index is 212. The number of hydrogen-bond acceptors (Lipinski definition) is 2. The van der Waals surface area contributed by atoms with Crippen LogP contribution in [0, 0.1) is 6.92 Å². The van der Waals surface area contributed by atoms with Gasteiger partial charge < -0.3 is 5.73 Å². The Balaban J connectivity index is 2.85. The van der Waals surface area contributed by atoms with E-state index in [1.165, 1.54) is 9.75 Å². The maximum atomic E-state index is 5.20. The second-order valence-electron chi connectivity index (χ2n) is 1.81. The van der Waals surface area contributed by atoms with Crippen molar-refractivity contribution in [2.24, 2.45) is 5.73 Å². The predicted molar refractivity (Wildman–Crippen MR) is 42.3 cm³/mol. The zero-order valence-corrected chi connectivity index (χ0v) is 6.11. The fourth-order valence-corrected chi connectivity index (χ4v) is 1.43. The first-order valence-corrected chi connectivity index (χ1v) is 3.59. The lowest BCUT2D eigenvalue weighted by atomic mass is 10.4. The highest BCUT2D eigenvalue weighted by Crippen LogP contribution is 2.15. The SMILES string of the molecule is Cc1ccc(/C=C/N)s1. The number of aryl methyl sites for hydroxylation is 1. The first-order chi connectivity index (χ1) is 4.33. The molecular weight excluding hydrogens is 130 g/mol. The summed E-state index contributed by atoms with van der Waals surface area (Å²) in [5.41, 5.74) is 5.20. The lowest BCUT2D eigenvalue weighted by Gasteiger charge is -1.77. The summed E-state index contributed by atoms with van der Waals surface area (Å²) in [5.74, 6) is 0. The normalized spacial score (nSPS) is 10.8. The minimum atomic E-state index is 1.22. The van der Waals surface area contributed by atoms with Crippen molar-refractivity contribution in [3.63, 3.8) is 0 Å². The van der Waals surface area contributed by atoms with E-state index in [0.717, 1.165) is 0 Å². The molecule has 0 aromatic carbocycles. The molecule has 48 valence electrons. The van der Waals surface area contributed by atoms with Crippen molar-refractivity contribution in [2.75, 3.05) is 0 Å². The van der Waals surface area contributed by atoms with Gasteiger partial charge in [0, 0.05) is 9.75 Å². The molecule has 0 fully saturated rings. The first-order valence-electron chi connectivity index (χ1n) is 2.77. The van der Waals surface area contributed by atoms with Crippen LogP contribution >= 0.6 is 11.3 Å². The van der Waals surface area contributed by atoms with Gasteiger partial charge in [0.15, 0.2) is 0 Å². The third-order valence-electron chi connectivity index (χ3n) is 1.02. The van der Waals surface area contributed by atoms with Crippen LogP contribution in [0.2, 0.25) is 0 Å². The van der Waals surface area contributed by atoms with Crippen LogP contribution < -0.4 is 5.73 Å². The van der Waals surface area contributed by atoms with Gasteiger partial charge in [-0.1, -0.05) is 0 Å². The predicted octanol–water partition coefficient (Wildman–Crippen LogP) is 1.99. The fourth-order valence-electron chi connectivity index (χ4n) is 0.638. The van der Waals surface area contributed by atoms with Crippen molar-refractivity contribution in [2.45, 2.75) is 6.92 Å². The van der Waals surface area contributed by atoms with Crippen LogP contribution in [-0.2, 0) is 0 Å². The molecule has 0 saturated heterocycles. The third-order valence-corrected chi connectivity index (χ3v) is 1.99. The maximum Gasteiger partial charge on any atom is 0.0287 e. The number of nitrogens with two attached hydrogens (primary N) is 1. The Hall–Kier alpha value is -0.760. The Morgan fingerprint density at radius 2 is 2.33 bits per heavy atom. The molecule has 0 bridgehead atoms. The van der Waals surface area contributed by atoms with Crippen molar-refractivity contribution >= 4 is 17.4 Å². The number of hydrogen-bond donors (Lipinski definition) is 1. The first kappa shape index (κ1) is 6.36. The average molecular weight is 139 g/mol. The van der Waals surface area contributed by atoms with Crippen molar-refractivity contribution in [1.29, 1.82) is 0 Å². The number of thiophene rings is 1. The van der Waals surface area contributed by atoms with Crippen LogP contribution in [0.1, 0.15) is 9.75 Å². The lowest BCUT2D eigenvalue weighted by molar-refractivity contribution is 1.63. The molecule has 0 saturated carbocycles. The van der Waals surface area contributed by atoms with Crippen LogP contribution in [0.4, 0.5) is 0 Å². The fraction of sp³-hybridized carbons (Fsp3) is 0.143. The van der Waals surface area contributed by atoms with Crippen LogP contribution in [0.15, 0.2) is 18.3 Å². The molecule has 1 nitrogen and oxygen atoms in total. The summed E-state index contributed by atoms with van der Waals surface area (Å²) < 4.78 is 0. The van der Waals surface area contributed by atoms with Crippen molar-refractivity contribution in [1.82, 2.24) is 0 Å². The Kier molecular flexibility index (Phi) is 1.90. The highest BCUT2D eigenvalue weighted by Gasteiger charge is 1.88. The molecule has 0 atom stereocenters. The second-order valence-corrected chi connectivity index (χ2v) is 3.13. The van der Waals surface area contributed by atoms with Gasteiger partial charge >= 0.3 is 0 Å². The molecule has 0 spiro atoms. The molecule has 2 N–H and O–H groups in total. The topological polar surface area (TPSA) is 26.0 Å². The van der Waals surface area contributed by atoms with E-state index in [-0.39, 0.29) is 0 Å². The van der Waals surface area contributed by atoms with Crippen LogP contribution in [0.5, 0.6) is 0 Å². The molecule has 0 amide bonds. The van der Waals surface area contributed by atoms with Gasteiger partial charge in [-0.3, -0.25) is 0 Å². The summed E-state index contributed by atoms with van der Waals surface area (Å²) >= 11 is 1.75. The second kappa shape index (κ2) is 2.69. The van der Waals surface area contributed by atoms with E-state index in [0.29, 0.717) is 0 Å². The Morgan fingerprint density at radius 1 is 1.56 bits per heavy atom. The molecule has 2 heteroatoms. The number of rotatable bonds is 1. The lowest BCUT2D eigenvalue weighted by Crippen LogP contribution is -1.72. The minimum Gasteiger partial charge on any atom is -0.405 e. The molecule has 0 unspecified atom stereocenters. The molecule has 9 heavy (non-hydrogen) atoms. The third kappa shape index (κ3) is 1.57. The molecule has 1 aromatic rings. The molecular formula is C7H9NS. The zero-order valence-electron chi connectivity index (χ0n) is 5.29. The van der Waals surface area contributed by atoms with Gasteiger partial charge in [0.25, 0.3) is 0 Å². The van der Waals surface area contributed by atoms with Crippen LogP contribution in [0.3, 0.4) is 0 Å². The quantitative estimate of drug-likeness (QED) is 0.632. The van der Waals surface area contributed by atoms with E-state index in [4.69, 9.17) is 5.73 Å². The van der Waals surface area contributed by atoms with Crippen molar-refractivity contribution < 1.29 is 0 Å². The smallest absolute Gasteiger partial charge is 0.0287 e. The van der Waals surface area contributed by atoms with Crippen LogP contribution in [-0.4, -0.2) is 0 Å². The summed E-state index contributed by atoms with van der Waals surface area (Å²) in [6.45, 7) is 2.08. The Labute approximate surface area is 58.8 Å². The molecule has 1 rings (SSSR count). The van der Waals surface area contributed by atoms with Gasteiger partial charge in [-0.25, -0.2) is 0 Å². The van der Waals surface area contributed by atoms with Gasteiger partial charge in [0.2, 0.25) is 0 Å². The highest BCUT2D eigenvalue weighted by atomic mass is 32.1. The molecule has 1 aromatic heterocycles. The van der Waals surface area contributed by atoms with Crippen LogP contribution in [0.25, 0.3) is 6.08 Å². The summed E-state index contributed by atoms with van der Waals surface area (Å²) in [6.07, 6.45) is 3.46. The largest absolute Gasteiger partial charge is 0.405 e. The summed E-state index contributed by atoms with van der Waals surface area (Å²) in [5, 5.41) is 0. The maximum absolute atomic E-state index is 5.20. The van der Waals surface area contributed by atoms with Gasteiger partial charge in [0.1, 0.15) is 0 Å². The Morgan fingerprint density at radius 3 is 2.78 bits per heavy atom. The van der Waals surface area contributed by atoms with E-state index in [1.807, 2.05) is 6.08 Å². The van der Waals surface area contributed by atoms with E-state index in [1.54, 1.807) is 17.5 Å². The van der Waals surface area contributed by atoms with E-state index in [9.17, 15) is 0 Å². The monoisotopic (exact) mass is 139 g/mol. The summed E-state index contributed by atoms with van der Waals surface area (Å²) in [6, 6.07) is 4.14. The van der Waals surface area contributed by atoms with Crippen molar-refractivity contribution in [3.8, 4) is 0 Å². The molecule has 0 radical (unpaired) electrons. The summed E-state index contributed by atoms with van der Waals surface area (Å²) in [4.78, 5) is 2.54. The summed E-state index contributed by atoms with van der Waals surface area (Å²) in [7, 11) is 0. The molecule has 1 heterocycles. The molecule has 0 aliphatic heterocycles. The van der Waals surface area contributed by atoms with E-state index < -0.39 is 0 Å². The van der Waals surface area contributed by atoms with Crippen molar-refractivity contribution in [3.05, 3.63) is 28.1 Å². The zero-order chi connectivity index (χ0) is 6.69. The average Bonchev–Trinajstić information content (AvgIpc) is 2.17. The van der Waals surface area contributed by atoms with Gasteiger partial charge in [-0.2, -0.15) is 0 Å². The van der Waals surface area contributed by atoms with Gasteiger partial charge in [0.05, 0.1) is 0 Å². The van der Waals surface area contributed by atoms with E-state index in [2.05, 4.69) is 19.1 Å². The van der Waals surface area contributed by atoms with Gasteiger partial charge in [-0.05, 0) is 31.3 Å². The molecule has 0 aliphatic carbocycles. The molecule has 0 aliphatic rings. The standard InChI is InChI=1S/C7H9NS/c1-6-2-3-7(9-6)4-5-8/h2-5H,8H2,1H3/b5-4+. The highest BCUT2D eigenvalue weighted by molar-refractivity contribution is 7.12. The minimum absolute atomic E-state index is 1.22. The van der Waals surface area contributed by atoms with Gasteiger partial charge in [-0.15, -0.1) is 11.3 Å². The van der Waals surface area contributed by atoms with E-state index >= 15 is 0 Å².